The minimum Gasteiger partial charge on any atom is -0.347 e. The zero-order valence-electron chi connectivity index (χ0n) is 13.2. The zero-order chi connectivity index (χ0) is 16.6. The van der Waals surface area contributed by atoms with E-state index in [0.29, 0.717) is 16.5 Å². The molecule has 118 valence electrons. The molecule has 6 heteroatoms. The quantitative estimate of drug-likeness (QED) is 0.740. The SMILES string of the molecule is C[C@@H](C(=O)N(C)C)n1c(-c2ccc(Cl)cc2)nc2cccnc21. The summed E-state index contributed by atoms with van der Waals surface area (Å²) in [5, 5.41) is 0.659. The third-order valence-corrected chi connectivity index (χ3v) is 3.99. The highest BCUT2D eigenvalue weighted by atomic mass is 35.5. The number of aromatic nitrogens is 3. The molecule has 1 aromatic carbocycles. The van der Waals surface area contributed by atoms with Gasteiger partial charge >= 0.3 is 0 Å². The van der Waals surface area contributed by atoms with Crippen LogP contribution in [0.3, 0.4) is 0 Å². The van der Waals surface area contributed by atoms with Crippen LogP contribution in [0.15, 0.2) is 42.6 Å². The molecule has 0 fully saturated rings. The van der Waals surface area contributed by atoms with Crippen molar-refractivity contribution < 1.29 is 4.79 Å². The molecule has 0 spiro atoms. The summed E-state index contributed by atoms with van der Waals surface area (Å²) >= 11 is 5.97. The molecular formula is C17H17ClN4O. The maximum Gasteiger partial charge on any atom is 0.244 e. The molecule has 5 nitrogen and oxygen atoms in total. The van der Waals surface area contributed by atoms with Gasteiger partial charge in [0, 0.05) is 30.9 Å². The van der Waals surface area contributed by atoms with Gasteiger partial charge < -0.3 is 4.90 Å². The lowest BCUT2D eigenvalue weighted by Crippen LogP contribution is -2.30. The van der Waals surface area contributed by atoms with E-state index < -0.39 is 6.04 Å². The van der Waals surface area contributed by atoms with Crippen LogP contribution in [0.2, 0.25) is 5.02 Å². The number of likely N-dealkylation sites (N-methyl/N-ethyl adjacent to an activating group) is 1. The van der Waals surface area contributed by atoms with E-state index in [1.165, 1.54) is 0 Å². The third-order valence-electron chi connectivity index (χ3n) is 3.74. The molecule has 0 saturated carbocycles. The smallest absolute Gasteiger partial charge is 0.244 e. The first kappa shape index (κ1) is 15.5. The van der Waals surface area contributed by atoms with E-state index in [9.17, 15) is 4.79 Å². The fraction of sp³-hybridized carbons (Fsp3) is 0.235. The Labute approximate surface area is 139 Å². The van der Waals surface area contributed by atoms with Crippen molar-refractivity contribution in [2.24, 2.45) is 0 Å². The monoisotopic (exact) mass is 328 g/mol. The van der Waals surface area contributed by atoms with Gasteiger partial charge in [-0.2, -0.15) is 0 Å². The molecular weight excluding hydrogens is 312 g/mol. The molecule has 1 amide bonds. The molecule has 0 aliphatic heterocycles. The summed E-state index contributed by atoms with van der Waals surface area (Å²) in [4.78, 5) is 23.1. The van der Waals surface area contributed by atoms with Crippen LogP contribution in [-0.2, 0) is 4.79 Å². The molecule has 2 heterocycles. The van der Waals surface area contributed by atoms with Crippen LogP contribution in [0.4, 0.5) is 0 Å². The molecule has 3 aromatic rings. The number of hydrogen-bond acceptors (Lipinski definition) is 3. The van der Waals surface area contributed by atoms with Gasteiger partial charge in [-0.05, 0) is 43.3 Å². The lowest BCUT2D eigenvalue weighted by Gasteiger charge is -2.20. The van der Waals surface area contributed by atoms with Crippen LogP contribution in [0.1, 0.15) is 13.0 Å². The number of imidazole rings is 1. The van der Waals surface area contributed by atoms with Gasteiger partial charge in [0.2, 0.25) is 5.91 Å². The fourth-order valence-corrected chi connectivity index (χ4v) is 2.71. The second kappa shape index (κ2) is 6.01. The Kier molecular flexibility index (Phi) is 4.05. The Morgan fingerprint density at radius 3 is 2.57 bits per heavy atom. The van der Waals surface area contributed by atoms with E-state index in [2.05, 4.69) is 9.97 Å². The standard InChI is InChI=1S/C17H17ClN4O/c1-11(17(23)21(2)3)22-15(12-6-8-13(18)9-7-12)20-14-5-4-10-19-16(14)22/h4-11H,1-3H3/t11-/m0/s1. The predicted molar refractivity (Wildman–Crippen MR) is 91.4 cm³/mol. The normalized spacial score (nSPS) is 12.3. The highest BCUT2D eigenvalue weighted by molar-refractivity contribution is 6.30. The van der Waals surface area contributed by atoms with Gasteiger partial charge in [0.1, 0.15) is 17.4 Å². The number of fused-ring (bicyclic) bond motifs is 1. The number of rotatable bonds is 3. The minimum atomic E-state index is -0.407. The second-order valence-corrected chi connectivity index (χ2v) is 6.00. The van der Waals surface area contributed by atoms with Crippen LogP contribution < -0.4 is 0 Å². The average Bonchev–Trinajstić information content (AvgIpc) is 2.93. The van der Waals surface area contributed by atoms with Crippen molar-refractivity contribution in [3.8, 4) is 11.4 Å². The summed E-state index contributed by atoms with van der Waals surface area (Å²) in [6.45, 7) is 1.86. The molecule has 0 radical (unpaired) electrons. The Bertz CT molecular complexity index is 855. The van der Waals surface area contributed by atoms with Crippen molar-refractivity contribution >= 4 is 28.7 Å². The molecule has 0 aliphatic rings. The van der Waals surface area contributed by atoms with Crippen molar-refractivity contribution in [3.05, 3.63) is 47.6 Å². The van der Waals surface area contributed by atoms with Gasteiger partial charge in [-0.15, -0.1) is 0 Å². The average molecular weight is 329 g/mol. The number of amides is 1. The highest BCUT2D eigenvalue weighted by Gasteiger charge is 2.24. The molecule has 0 saturated heterocycles. The number of halogens is 1. The Morgan fingerprint density at radius 2 is 1.91 bits per heavy atom. The van der Waals surface area contributed by atoms with Crippen LogP contribution >= 0.6 is 11.6 Å². The van der Waals surface area contributed by atoms with Crippen LogP contribution in [0, 0.1) is 0 Å². The summed E-state index contributed by atoms with van der Waals surface area (Å²) in [6, 6.07) is 10.7. The summed E-state index contributed by atoms with van der Waals surface area (Å²) in [5.74, 6) is 0.697. The van der Waals surface area contributed by atoms with E-state index in [0.717, 1.165) is 11.1 Å². The molecule has 0 N–H and O–H groups in total. The van der Waals surface area contributed by atoms with Crippen LogP contribution in [-0.4, -0.2) is 39.4 Å². The highest BCUT2D eigenvalue weighted by Crippen LogP contribution is 2.28. The van der Waals surface area contributed by atoms with Crippen LogP contribution in [0.5, 0.6) is 0 Å². The van der Waals surface area contributed by atoms with E-state index in [1.807, 2.05) is 47.9 Å². The summed E-state index contributed by atoms with van der Waals surface area (Å²) < 4.78 is 1.88. The number of carbonyl (C=O) groups excluding carboxylic acids is 1. The Balaban J connectivity index is 2.23. The molecule has 0 unspecified atom stereocenters. The van der Waals surface area contributed by atoms with Crippen molar-refractivity contribution in [2.75, 3.05) is 14.1 Å². The first-order valence-electron chi connectivity index (χ1n) is 7.29. The van der Waals surface area contributed by atoms with Crippen molar-refractivity contribution in [3.63, 3.8) is 0 Å². The van der Waals surface area contributed by atoms with Crippen molar-refractivity contribution in [2.45, 2.75) is 13.0 Å². The molecule has 2 aromatic heterocycles. The Hall–Kier alpha value is -2.40. The predicted octanol–water partition coefficient (Wildman–Crippen LogP) is 3.40. The lowest BCUT2D eigenvalue weighted by molar-refractivity contribution is -0.131. The van der Waals surface area contributed by atoms with Crippen molar-refractivity contribution in [1.29, 1.82) is 0 Å². The maximum atomic E-state index is 12.5. The molecule has 3 rings (SSSR count). The molecule has 0 aliphatic carbocycles. The van der Waals surface area contributed by atoms with Gasteiger partial charge in [0.15, 0.2) is 5.65 Å². The summed E-state index contributed by atoms with van der Waals surface area (Å²) in [7, 11) is 3.49. The number of benzene rings is 1. The van der Waals surface area contributed by atoms with E-state index in [4.69, 9.17) is 11.6 Å². The van der Waals surface area contributed by atoms with Crippen LogP contribution in [0.25, 0.3) is 22.6 Å². The number of nitrogens with zero attached hydrogens (tertiary/aromatic N) is 4. The Morgan fingerprint density at radius 1 is 1.22 bits per heavy atom. The largest absolute Gasteiger partial charge is 0.347 e. The third kappa shape index (κ3) is 2.80. The summed E-state index contributed by atoms with van der Waals surface area (Å²) in [6.07, 6.45) is 1.71. The number of carbonyl (C=O) groups is 1. The maximum absolute atomic E-state index is 12.5. The lowest BCUT2D eigenvalue weighted by atomic mass is 10.2. The zero-order valence-corrected chi connectivity index (χ0v) is 13.9. The van der Waals surface area contributed by atoms with E-state index in [1.54, 1.807) is 25.2 Å². The van der Waals surface area contributed by atoms with Gasteiger partial charge in [-0.25, -0.2) is 9.97 Å². The first-order valence-corrected chi connectivity index (χ1v) is 7.67. The molecule has 23 heavy (non-hydrogen) atoms. The van der Waals surface area contributed by atoms with Gasteiger partial charge in [-0.1, -0.05) is 11.6 Å². The number of pyridine rings is 1. The second-order valence-electron chi connectivity index (χ2n) is 5.57. The van der Waals surface area contributed by atoms with E-state index >= 15 is 0 Å². The van der Waals surface area contributed by atoms with Gasteiger partial charge in [-0.3, -0.25) is 9.36 Å². The fourth-order valence-electron chi connectivity index (χ4n) is 2.58. The van der Waals surface area contributed by atoms with Gasteiger partial charge in [0.25, 0.3) is 0 Å². The minimum absolute atomic E-state index is 0.00911. The molecule has 1 atom stereocenters. The number of hydrogen-bond donors (Lipinski definition) is 0. The van der Waals surface area contributed by atoms with Crippen molar-refractivity contribution in [1.82, 2.24) is 19.4 Å². The first-order chi connectivity index (χ1) is 11.0. The summed E-state index contributed by atoms with van der Waals surface area (Å²) in [5.41, 5.74) is 2.35. The topological polar surface area (TPSA) is 51.0 Å². The molecule has 0 bridgehead atoms. The van der Waals surface area contributed by atoms with Gasteiger partial charge in [0.05, 0.1) is 0 Å². The van der Waals surface area contributed by atoms with E-state index in [-0.39, 0.29) is 5.91 Å².